The number of nitro groups is 1. The topological polar surface area (TPSA) is 81.5 Å². The zero-order valence-electron chi connectivity index (χ0n) is 16.1. The number of nitrogens with one attached hydrogen (secondary N) is 1. The van der Waals surface area contributed by atoms with E-state index >= 15 is 0 Å². The molecule has 148 valence electrons. The number of carbonyl (C=O) groups excluding carboxylic acids is 1. The first kappa shape index (κ1) is 20.2. The number of rotatable bonds is 8. The van der Waals surface area contributed by atoms with Crippen molar-refractivity contribution in [2.75, 3.05) is 0 Å². The maximum Gasteiger partial charge on any atom is 0.273 e. The molecule has 1 N–H and O–H groups in total. The van der Waals surface area contributed by atoms with Crippen LogP contribution in [0.1, 0.15) is 32.6 Å². The summed E-state index contributed by atoms with van der Waals surface area (Å²) in [6.45, 7) is 2.89. The zero-order chi connectivity index (χ0) is 20.6. The first-order chi connectivity index (χ1) is 14.0. The van der Waals surface area contributed by atoms with Crippen LogP contribution in [-0.2, 0) is 24.5 Å². The fourth-order valence-corrected chi connectivity index (χ4v) is 2.95. The van der Waals surface area contributed by atoms with E-state index in [4.69, 9.17) is 4.74 Å². The minimum Gasteiger partial charge on any atom is -0.372 e. The highest BCUT2D eigenvalue weighted by Crippen LogP contribution is 2.19. The molecule has 0 spiro atoms. The Balaban J connectivity index is 1.61. The van der Waals surface area contributed by atoms with Gasteiger partial charge in [0.1, 0.15) is 0 Å². The fourth-order valence-electron chi connectivity index (χ4n) is 2.95. The van der Waals surface area contributed by atoms with E-state index in [1.54, 1.807) is 19.1 Å². The summed E-state index contributed by atoms with van der Waals surface area (Å²) >= 11 is 0. The monoisotopic (exact) mass is 390 g/mol. The van der Waals surface area contributed by atoms with Gasteiger partial charge in [0.2, 0.25) is 0 Å². The minimum absolute atomic E-state index is 0.0626. The summed E-state index contributed by atoms with van der Waals surface area (Å²) in [4.78, 5) is 23.1. The number of amides is 1. The van der Waals surface area contributed by atoms with E-state index in [0.717, 1.165) is 16.7 Å². The Bertz CT molecular complexity index is 1000. The molecule has 0 saturated carbocycles. The lowest BCUT2D eigenvalue weighted by Crippen LogP contribution is -2.23. The van der Waals surface area contributed by atoms with Crippen molar-refractivity contribution < 1.29 is 14.5 Å². The van der Waals surface area contributed by atoms with E-state index in [0.29, 0.717) is 25.3 Å². The number of nitrogens with zero attached hydrogens (tertiary/aromatic N) is 1. The van der Waals surface area contributed by atoms with Crippen molar-refractivity contribution in [1.82, 2.24) is 5.32 Å². The Morgan fingerprint density at radius 2 is 1.66 bits per heavy atom. The van der Waals surface area contributed by atoms with Crippen molar-refractivity contribution in [2.45, 2.75) is 26.7 Å². The maximum absolute atomic E-state index is 12.4. The number of benzene rings is 3. The van der Waals surface area contributed by atoms with Crippen molar-refractivity contribution in [2.24, 2.45) is 0 Å². The molecule has 6 heteroatoms. The SMILES string of the molecule is Cc1ccc(C(=O)NCc2ccccc2COCc2ccccc2)cc1[N+](=O)[O-]. The number of ether oxygens (including phenoxy) is 1. The molecule has 3 aromatic rings. The lowest BCUT2D eigenvalue weighted by molar-refractivity contribution is -0.385. The highest BCUT2D eigenvalue weighted by Gasteiger charge is 2.15. The third kappa shape index (κ3) is 5.49. The van der Waals surface area contributed by atoms with Gasteiger partial charge in [0, 0.05) is 23.7 Å². The fraction of sp³-hybridized carbons (Fsp3) is 0.174. The van der Waals surface area contributed by atoms with Gasteiger partial charge < -0.3 is 10.1 Å². The van der Waals surface area contributed by atoms with Crippen LogP contribution in [0.4, 0.5) is 5.69 Å². The molecule has 0 aliphatic rings. The van der Waals surface area contributed by atoms with Crippen LogP contribution in [0.15, 0.2) is 72.8 Å². The molecule has 0 atom stereocenters. The summed E-state index contributed by atoms with van der Waals surface area (Å²) in [6.07, 6.45) is 0. The predicted octanol–water partition coefficient (Wildman–Crippen LogP) is 4.55. The average Bonchev–Trinajstić information content (AvgIpc) is 2.73. The van der Waals surface area contributed by atoms with Crippen LogP contribution >= 0.6 is 0 Å². The van der Waals surface area contributed by atoms with Crippen LogP contribution in [0.5, 0.6) is 0 Å². The molecule has 0 aromatic heterocycles. The maximum atomic E-state index is 12.4. The second-order valence-corrected chi connectivity index (χ2v) is 6.69. The molecular weight excluding hydrogens is 368 g/mol. The Labute approximate surface area is 169 Å². The molecule has 3 aromatic carbocycles. The molecule has 0 bridgehead atoms. The second kappa shape index (κ2) is 9.61. The molecule has 3 rings (SSSR count). The highest BCUT2D eigenvalue weighted by atomic mass is 16.6. The van der Waals surface area contributed by atoms with Crippen molar-refractivity contribution in [3.63, 3.8) is 0 Å². The van der Waals surface area contributed by atoms with Crippen LogP contribution in [0.3, 0.4) is 0 Å². The number of hydrogen-bond donors (Lipinski definition) is 1. The van der Waals surface area contributed by atoms with Crippen molar-refractivity contribution in [1.29, 1.82) is 0 Å². The average molecular weight is 390 g/mol. The molecule has 6 nitrogen and oxygen atoms in total. The first-order valence-corrected chi connectivity index (χ1v) is 9.26. The highest BCUT2D eigenvalue weighted by molar-refractivity contribution is 5.94. The number of nitro benzene ring substituents is 1. The van der Waals surface area contributed by atoms with Gasteiger partial charge in [-0.2, -0.15) is 0 Å². The van der Waals surface area contributed by atoms with Gasteiger partial charge in [-0.25, -0.2) is 0 Å². The molecular formula is C23H22N2O4. The molecule has 0 aliphatic heterocycles. The van der Waals surface area contributed by atoms with E-state index < -0.39 is 4.92 Å². The minimum atomic E-state index is -0.481. The van der Waals surface area contributed by atoms with Crippen molar-refractivity contribution in [3.05, 3.63) is 111 Å². The molecule has 0 heterocycles. The van der Waals surface area contributed by atoms with Crippen LogP contribution in [-0.4, -0.2) is 10.8 Å². The van der Waals surface area contributed by atoms with Gasteiger partial charge in [-0.1, -0.05) is 60.7 Å². The third-order valence-electron chi connectivity index (χ3n) is 4.59. The van der Waals surface area contributed by atoms with Gasteiger partial charge in [-0.15, -0.1) is 0 Å². The summed E-state index contributed by atoms with van der Waals surface area (Å²) in [6, 6.07) is 22.1. The Hall–Kier alpha value is -3.51. The molecule has 0 saturated heterocycles. The van der Waals surface area contributed by atoms with E-state index in [1.807, 2.05) is 54.6 Å². The molecule has 0 fully saturated rings. The molecule has 29 heavy (non-hydrogen) atoms. The van der Waals surface area contributed by atoms with Gasteiger partial charge in [0.05, 0.1) is 18.1 Å². The molecule has 1 amide bonds. The van der Waals surface area contributed by atoms with Crippen LogP contribution in [0, 0.1) is 17.0 Å². The van der Waals surface area contributed by atoms with E-state index in [-0.39, 0.29) is 17.2 Å². The van der Waals surface area contributed by atoms with Gasteiger partial charge >= 0.3 is 0 Å². The summed E-state index contributed by atoms with van der Waals surface area (Å²) in [5, 5.41) is 13.9. The molecule has 0 aliphatic carbocycles. The zero-order valence-corrected chi connectivity index (χ0v) is 16.1. The van der Waals surface area contributed by atoms with Gasteiger partial charge in [0.15, 0.2) is 0 Å². The number of aryl methyl sites for hydroxylation is 1. The van der Waals surface area contributed by atoms with Crippen molar-refractivity contribution >= 4 is 11.6 Å². The van der Waals surface area contributed by atoms with Gasteiger partial charge in [0.25, 0.3) is 11.6 Å². The van der Waals surface area contributed by atoms with Gasteiger partial charge in [-0.3, -0.25) is 14.9 Å². The Kier molecular flexibility index (Phi) is 6.71. The van der Waals surface area contributed by atoms with Crippen LogP contribution in [0.2, 0.25) is 0 Å². The van der Waals surface area contributed by atoms with Gasteiger partial charge in [-0.05, 0) is 29.7 Å². The lowest BCUT2D eigenvalue weighted by Gasteiger charge is -2.12. The number of carbonyl (C=O) groups is 1. The summed E-state index contributed by atoms with van der Waals surface area (Å²) in [7, 11) is 0. The smallest absolute Gasteiger partial charge is 0.273 e. The first-order valence-electron chi connectivity index (χ1n) is 9.26. The Morgan fingerprint density at radius 1 is 0.966 bits per heavy atom. The van der Waals surface area contributed by atoms with Crippen molar-refractivity contribution in [3.8, 4) is 0 Å². The van der Waals surface area contributed by atoms with E-state index in [2.05, 4.69) is 5.32 Å². The standard InChI is InChI=1S/C23H22N2O4/c1-17-11-12-19(13-22(17)25(27)28)23(26)24-14-20-9-5-6-10-21(20)16-29-15-18-7-3-2-4-8-18/h2-13H,14-16H2,1H3,(H,24,26). The predicted molar refractivity (Wildman–Crippen MR) is 110 cm³/mol. The lowest BCUT2D eigenvalue weighted by atomic mass is 10.1. The summed E-state index contributed by atoms with van der Waals surface area (Å²) in [5.74, 6) is -0.354. The third-order valence-corrected chi connectivity index (χ3v) is 4.59. The second-order valence-electron chi connectivity index (χ2n) is 6.69. The van der Waals surface area contributed by atoms with E-state index in [9.17, 15) is 14.9 Å². The summed E-state index contributed by atoms with van der Waals surface area (Å²) < 4.78 is 5.81. The van der Waals surface area contributed by atoms with Crippen LogP contribution in [0.25, 0.3) is 0 Å². The molecule has 0 radical (unpaired) electrons. The van der Waals surface area contributed by atoms with Crippen LogP contribution < -0.4 is 5.32 Å². The summed E-state index contributed by atoms with van der Waals surface area (Å²) in [5.41, 5.74) is 3.74. The van der Waals surface area contributed by atoms with E-state index in [1.165, 1.54) is 6.07 Å². The number of hydrogen-bond acceptors (Lipinski definition) is 4. The normalized spacial score (nSPS) is 10.5. The Morgan fingerprint density at radius 3 is 2.38 bits per heavy atom. The quantitative estimate of drug-likeness (QED) is 0.452. The largest absolute Gasteiger partial charge is 0.372 e. The molecule has 0 unspecified atom stereocenters.